The zero-order valence-electron chi connectivity index (χ0n) is 13.8. The van der Waals surface area contributed by atoms with E-state index in [1.165, 1.54) is 12.1 Å². The number of amides is 1. The first-order chi connectivity index (χ1) is 11.5. The second-order valence-corrected chi connectivity index (χ2v) is 6.09. The molecule has 2 N–H and O–H groups in total. The molecule has 0 saturated heterocycles. The molecule has 6 nitrogen and oxygen atoms in total. The van der Waals surface area contributed by atoms with Crippen molar-refractivity contribution in [1.82, 2.24) is 15.5 Å². The van der Waals surface area contributed by atoms with Gasteiger partial charge in [-0.25, -0.2) is 5.10 Å². The molecule has 1 aromatic carbocycles. The SMILES string of the molecule is Cc1c([C@H](NC(=O)c2ccc(=O)[nH]n2)C(C)C)oc2ccccc12. The molecule has 0 spiro atoms. The van der Waals surface area contributed by atoms with E-state index in [2.05, 4.69) is 15.5 Å². The Morgan fingerprint density at radius 3 is 2.58 bits per heavy atom. The molecule has 0 unspecified atom stereocenters. The first-order valence-corrected chi connectivity index (χ1v) is 7.82. The minimum Gasteiger partial charge on any atom is -0.459 e. The van der Waals surface area contributed by atoms with Crippen molar-refractivity contribution in [2.75, 3.05) is 0 Å². The maximum absolute atomic E-state index is 12.4. The molecular formula is C18H19N3O3. The van der Waals surface area contributed by atoms with E-state index in [1.807, 2.05) is 45.0 Å². The lowest BCUT2D eigenvalue weighted by Crippen LogP contribution is -2.33. The van der Waals surface area contributed by atoms with Crippen LogP contribution in [-0.4, -0.2) is 16.1 Å². The first kappa shape index (κ1) is 16.0. The Morgan fingerprint density at radius 2 is 1.96 bits per heavy atom. The standard InChI is InChI=1S/C18H19N3O3/c1-10(2)16(19-18(23)13-8-9-15(22)21-20-13)17-11(3)12-6-4-5-7-14(12)24-17/h4-10,16H,1-3H3,(H,19,23)(H,21,22)/t16-/m1/s1. The molecule has 0 fully saturated rings. The van der Waals surface area contributed by atoms with Gasteiger partial charge >= 0.3 is 0 Å². The molecule has 1 atom stereocenters. The summed E-state index contributed by atoms with van der Waals surface area (Å²) in [5.41, 5.74) is 1.63. The zero-order chi connectivity index (χ0) is 17.3. The van der Waals surface area contributed by atoms with Gasteiger partial charge in [0.2, 0.25) is 0 Å². The highest BCUT2D eigenvalue weighted by atomic mass is 16.3. The number of aromatic amines is 1. The van der Waals surface area contributed by atoms with Gasteiger partial charge in [0.05, 0.1) is 6.04 Å². The molecule has 3 aromatic rings. The summed E-state index contributed by atoms with van der Waals surface area (Å²) < 4.78 is 5.99. The normalized spacial score (nSPS) is 12.5. The molecule has 0 aliphatic rings. The number of carbonyl (C=O) groups excluding carboxylic acids is 1. The number of para-hydroxylation sites is 1. The number of rotatable bonds is 4. The van der Waals surface area contributed by atoms with E-state index in [0.717, 1.165) is 22.3 Å². The molecule has 0 saturated carbocycles. The summed E-state index contributed by atoms with van der Waals surface area (Å²) in [5.74, 6) is 0.504. The molecule has 24 heavy (non-hydrogen) atoms. The Bertz CT molecular complexity index is 920. The third kappa shape index (κ3) is 2.95. The lowest BCUT2D eigenvalue weighted by atomic mass is 9.98. The minimum atomic E-state index is -0.357. The monoisotopic (exact) mass is 325 g/mol. The number of hydrogen-bond acceptors (Lipinski definition) is 4. The van der Waals surface area contributed by atoms with Crippen LogP contribution in [0.25, 0.3) is 11.0 Å². The minimum absolute atomic E-state index is 0.121. The summed E-state index contributed by atoms with van der Waals surface area (Å²) in [6.45, 7) is 6.01. The lowest BCUT2D eigenvalue weighted by molar-refractivity contribution is 0.0912. The van der Waals surface area contributed by atoms with Crippen molar-refractivity contribution in [3.05, 3.63) is 63.8 Å². The van der Waals surface area contributed by atoms with Crippen molar-refractivity contribution in [3.8, 4) is 0 Å². The average molecular weight is 325 g/mol. The van der Waals surface area contributed by atoms with E-state index in [4.69, 9.17) is 4.42 Å². The second kappa shape index (κ2) is 6.31. The van der Waals surface area contributed by atoms with Crippen LogP contribution in [0.15, 0.2) is 45.6 Å². The van der Waals surface area contributed by atoms with Crippen LogP contribution in [0, 0.1) is 12.8 Å². The predicted octanol–water partition coefficient (Wildman–Crippen LogP) is 2.95. The number of aromatic nitrogens is 2. The maximum Gasteiger partial charge on any atom is 0.272 e. The number of hydrogen-bond donors (Lipinski definition) is 2. The van der Waals surface area contributed by atoms with Gasteiger partial charge in [0, 0.05) is 17.0 Å². The van der Waals surface area contributed by atoms with Gasteiger partial charge < -0.3 is 9.73 Å². The van der Waals surface area contributed by atoms with Crippen LogP contribution in [0.1, 0.15) is 41.7 Å². The van der Waals surface area contributed by atoms with Gasteiger partial charge in [-0.15, -0.1) is 0 Å². The fraction of sp³-hybridized carbons (Fsp3) is 0.278. The van der Waals surface area contributed by atoms with E-state index < -0.39 is 0 Å². The highest BCUT2D eigenvalue weighted by Gasteiger charge is 2.25. The molecule has 3 rings (SSSR count). The number of H-pyrrole nitrogens is 1. The third-order valence-electron chi connectivity index (χ3n) is 4.03. The molecule has 2 heterocycles. The van der Waals surface area contributed by atoms with Gasteiger partial charge in [-0.2, -0.15) is 5.10 Å². The Labute approximate surface area is 138 Å². The highest BCUT2D eigenvalue weighted by Crippen LogP contribution is 2.32. The Kier molecular flexibility index (Phi) is 4.20. The fourth-order valence-corrected chi connectivity index (χ4v) is 2.71. The second-order valence-electron chi connectivity index (χ2n) is 6.09. The van der Waals surface area contributed by atoms with Crippen LogP contribution in [-0.2, 0) is 0 Å². The molecule has 124 valence electrons. The summed E-state index contributed by atoms with van der Waals surface area (Å²) in [4.78, 5) is 23.5. The molecule has 0 radical (unpaired) electrons. The van der Waals surface area contributed by atoms with Crippen molar-refractivity contribution in [3.63, 3.8) is 0 Å². The van der Waals surface area contributed by atoms with Crippen LogP contribution in [0.3, 0.4) is 0 Å². The van der Waals surface area contributed by atoms with Gasteiger partial charge in [0.15, 0.2) is 0 Å². The third-order valence-corrected chi connectivity index (χ3v) is 4.03. The van der Waals surface area contributed by atoms with Crippen LogP contribution < -0.4 is 10.9 Å². The molecule has 1 amide bonds. The van der Waals surface area contributed by atoms with Crippen molar-refractivity contribution in [2.45, 2.75) is 26.8 Å². The summed E-state index contributed by atoms with van der Waals surface area (Å²) in [7, 11) is 0. The lowest BCUT2D eigenvalue weighted by Gasteiger charge is -2.21. The Morgan fingerprint density at radius 1 is 1.21 bits per heavy atom. The summed E-state index contributed by atoms with van der Waals surface area (Å²) in [6.07, 6.45) is 0. The molecule has 0 aliphatic heterocycles. The molecular weight excluding hydrogens is 306 g/mol. The summed E-state index contributed by atoms with van der Waals surface area (Å²) in [6, 6.07) is 10.2. The van der Waals surface area contributed by atoms with Crippen molar-refractivity contribution >= 4 is 16.9 Å². The Hall–Kier alpha value is -2.89. The smallest absolute Gasteiger partial charge is 0.272 e. The van der Waals surface area contributed by atoms with Crippen molar-refractivity contribution in [1.29, 1.82) is 0 Å². The molecule has 2 aromatic heterocycles. The van der Waals surface area contributed by atoms with E-state index in [-0.39, 0.29) is 29.1 Å². The average Bonchev–Trinajstić information content (AvgIpc) is 2.90. The Balaban J connectivity index is 1.94. The van der Waals surface area contributed by atoms with Crippen molar-refractivity contribution < 1.29 is 9.21 Å². The van der Waals surface area contributed by atoms with Crippen LogP contribution in [0.4, 0.5) is 0 Å². The molecule has 0 aliphatic carbocycles. The number of fused-ring (bicyclic) bond motifs is 1. The van der Waals surface area contributed by atoms with Gasteiger partial charge in [-0.3, -0.25) is 9.59 Å². The van der Waals surface area contributed by atoms with Crippen LogP contribution >= 0.6 is 0 Å². The van der Waals surface area contributed by atoms with Gasteiger partial charge in [0.1, 0.15) is 17.0 Å². The van der Waals surface area contributed by atoms with Gasteiger partial charge in [0.25, 0.3) is 11.5 Å². The molecule has 0 bridgehead atoms. The topological polar surface area (TPSA) is 88.0 Å². The van der Waals surface area contributed by atoms with Crippen LogP contribution in [0.2, 0.25) is 0 Å². The number of carbonyl (C=O) groups is 1. The predicted molar refractivity (Wildman–Crippen MR) is 90.9 cm³/mol. The number of furan rings is 1. The van der Waals surface area contributed by atoms with E-state index in [9.17, 15) is 9.59 Å². The maximum atomic E-state index is 12.4. The molecule has 6 heteroatoms. The van der Waals surface area contributed by atoms with E-state index in [0.29, 0.717) is 0 Å². The number of aryl methyl sites for hydroxylation is 1. The largest absolute Gasteiger partial charge is 0.459 e. The van der Waals surface area contributed by atoms with E-state index >= 15 is 0 Å². The number of benzene rings is 1. The number of nitrogens with zero attached hydrogens (tertiary/aromatic N) is 1. The van der Waals surface area contributed by atoms with Crippen molar-refractivity contribution in [2.24, 2.45) is 5.92 Å². The van der Waals surface area contributed by atoms with Crippen LogP contribution in [0.5, 0.6) is 0 Å². The summed E-state index contributed by atoms with van der Waals surface area (Å²) in [5, 5.41) is 10.0. The fourth-order valence-electron chi connectivity index (χ4n) is 2.71. The summed E-state index contributed by atoms with van der Waals surface area (Å²) >= 11 is 0. The quantitative estimate of drug-likeness (QED) is 0.772. The highest BCUT2D eigenvalue weighted by molar-refractivity contribution is 5.92. The first-order valence-electron chi connectivity index (χ1n) is 7.82. The zero-order valence-corrected chi connectivity index (χ0v) is 13.8. The van der Waals surface area contributed by atoms with E-state index in [1.54, 1.807) is 0 Å². The van der Waals surface area contributed by atoms with Gasteiger partial charge in [-0.1, -0.05) is 32.0 Å². The number of nitrogens with one attached hydrogen (secondary N) is 2. The van der Waals surface area contributed by atoms with Gasteiger partial charge in [-0.05, 0) is 25.0 Å².